The minimum absolute atomic E-state index is 0.564. The minimum Gasteiger partial charge on any atom is -0.326 e. The first-order valence-corrected chi connectivity index (χ1v) is 6.65. The lowest BCUT2D eigenvalue weighted by molar-refractivity contribution is 0.644. The standard InChI is InChI=1S/C14H16ClN3/c15-13-4-2-1-3-11(13)9-18-14(10-5-6-10)12(7-16)8-17-18/h1-4,8,10H,5-7,9,16H2. The third kappa shape index (κ3) is 2.16. The van der Waals surface area contributed by atoms with Crippen LogP contribution in [0.4, 0.5) is 0 Å². The molecular formula is C14H16ClN3. The van der Waals surface area contributed by atoms with Gasteiger partial charge in [-0.2, -0.15) is 5.10 Å². The summed E-state index contributed by atoms with van der Waals surface area (Å²) in [5.74, 6) is 0.647. The quantitative estimate of drug-likeness (QED) is 0.920. The maximum absolute atomic E-state index is 6.20. The first-order valence-electron chi connectivity index (χ1n) is 6.27. The molecule has 0 saturated heterocycles. The van der Waals surface area contributed by atoms with E-state index in [0.29, 0.717) is 12.5 Å². The van der Waals surface area contributed by atoms with Gasteiger partial charge in [-0.1, -0.05) is 29.8 Å². The van der Waals surface area contributed by atoms with Crippen molar-refractivity contribution in [2.75, 3.05) is 0 Å². The lowest BCUT2D eigenvalue weighted by Crippen LogP contribution is -2.08. The highest BCUT2D eigenvalue weighted by atomic mass is 35.5. The highest BCUT2D eigenvalue weighted by Gasteiger charge is 2.29. The Bertz CT molecular complexity index is 558. The summed E-state index contributed by atoms with van der Waals surface area (Å²) in [6.07, 6.45) is 4.40. The van der Waals surface area contributed by atoms with Crippen LogP contribution in [0.5, 0.6) is 0 Å². The van der Waals surface area contributed by atoms with Crippen LogP contribution in [0.1, 0.15) is 35.6 Å². The first kappa shape index (κ1) is 11.8. The van der Waals surface area contributed by atoms with Crippen molar-refractivity contribution in [2.24, 2.45) is 5.73 Å². The molecule has 1 aliphatic carbocycles. The molecule has 3 nitrogen and oxygen atoms in total. The van der Waals surface area contributed by atoms with Crippen molar-refractivity contribution in [2.45, 2.75) is 31.8 Å². The number of halogens is 1. The second-order valence-corrected chi connectivity index (χ2v) is 5.19. The molecule has 4 heteroatoms. The largest absolute Gasteiger partial charge is 0.326 e. The molecule has 1 aromatic carbocycles. The summed E-state index contributed by atoms with van der Waals surface area (Å²) in [6.45, 7) is 1.29. The van der Waals surface area contributed by atoms with Gasteiger partial charge in [0, 0.05) is 28.7 Å². The van der Waals surface area contributed by atoms with Gasteiger partial charge in [0.1, 0.15) is 0 Å². The monoisotopic (exact) mass is 261 g/mol. The number of benzene rings is 1. The van der Waals surface area contributed by atoms with E-state index in [2.05, 4.69) is 9.78 Å². The van der Waals surface area contributed by atoms with Crippen LogP contribution >= 0.6 is 11.6 Å². The van der Waals surface area contributed by atoms with E-state index in [1.807, 2.05) is 30.5 Å². The van der Waals surface area contributed by atoms with E-state index < -0.39 is 0 Å². The van der Waals surface area contributed by atoms with Crippen molar-refractivity contribution in [1.82, 2.24) is 9.78 Å². The van der Waals surface area contributed by atoms with Gasteiger partial charge in [0.15, 0.2) is 0 Å². The summed E-state index contributed by atoms with van der Waals surface area (Å²) in [6, 6.07) is 7.91. The van der Waals surface area contributed by atoms with Crippen molar-refractivity contribution in [3.63, 3.8) is 0 Å². The SMILES string of the molecule is NCc1cnn(Cc2ccccc2Cl)c1C1CC1. The molecule has 0 unspecified atom stereocenters. The zero-order valence-electron chi connectivity index (χ0n) is 10.1. The van der Waals surface area contributed by atoms with Crippen LogP contribution in [0.2, 0.25) is 5.02 Å². The summed E-state index contributed by atoms with van der Waals surface area (Å²) in [4.78, 5) is 0. The van der Waals surface area contributed by atoms with Gasteiger partial charge >= 0.3 is 0 Å². The number of nitrogens with two attached hydrogens (primary N) is 1. The Labute approximate surface area is 112 Å². The van der Waals surface area contributed by atoms with Crippen LogP contribution in [0.3, 0.4) is 0 Å². The number of hydrogen-bond donors (Lipinski definition) is 1. The molecule has 2 N–H and O–H groups in total. The molecule has 0 amide bonds. The molecule has 0 spiro atoms. The normalized spacial score (nSPS) is 15.0. The molecule has 0 bridgehead atoms. The molecule has 0 aliphatic heterocycles. The summed E-state index contributed by atoms with van der Waals surface area (Å²) < 4.78 is 2.06. The van der Waals surface area contributed by atoms with Gasteiger partial charge in [0.05, 0.1) is 12.7 Å². The van der Waals surface area contributed by atoms with Gasteiger partial charge < -0.3 is 5.73 Å². The molecule has 3 rings (SSSR count). The molecule has 1 aliphatic rings. The number of nitrogens with zero attached hydrogens (tertiary/aromatic N) is 2. The Morgan fingerprint density at radius 2 is 2.06 bits per heavy atom. The van der Waals surface area contributed by atoms with Gasteiger partial charge in [-0.05, 0) is 24.5 Å². The summed E-state index contributed by atoms with van der Waals surface area (Å²) in [5.41, 5.74) is 9.35. The lowest BCUT2D eigenvalue weighted by atomic mass is 10.1. The fourth-order valence-corrected chi connectivity index (χ4v) is 2.53. The highest BCUT2D eigenvalue weighted by Crippen LogP contribution is 2.41. The van der Waals surface area contributed by atoms with E-state index in [0.717, 1.165) is 17.1 Å². The van der Waals surface area contributed by atoms with Crippen molar-refractivity contribution in [3.8, 4) is 0 Å². The van der Waals surface area contributed by atoms with Gasteiger partial charge in [-0.3, -0.25) is 4.68 Å². The van der Waals surface area contributed by atoms with Crippen molar-refractivity contribution >= 4 is 11.6 Å². The first-order chi connectivity index (χ1) is 8.79. The Morgan fingerprint density at radius 1 is 1.28 bits per heavy atom. The Hall–Kier alpha value is -1.32. The zero-order valence-corrected chi connectivity index (χ0v) is 10.9. The fraction of sp³-hybridized carbons (Fsp3) is 0.357. The van der Waals surface area contributed by atoms with Crippen LogP contribution in [-0.2, 0) is 13.1 Å². The van der Waals surface area contributed by atoms with E-state index in [1.165, 1.54) is 24.1 Å². The van der Waals surface area contributed by atoms with Gasteiger partial charge in [0.2, 0.25) is 0 Å². The van der Waals surface area contributed by atoms with E-state index in [9.17, 15) is 0 Å². The average Bonchev–Trinajstić information content (AvgIpc) is 3.14. The summed E-state index contributed by atoms with van der Waals surface area (Å²) in [7, 11) is 0. The topological polar surface area (TPSA) is 43.8 Å². The lowest BCUT2D eigenvalue weighted by Gasteiger charge is -2.09. The highest BCUT2D eigenvalue weighted by molar-refractivity contribution is 6.31. The maximum Gasteiger partial charge on any atom is 0.0677 e. The molecule has 1 saturated carbocycles. The maximum atomic E-state index is 6.20. The van der Waals surface area contributed by atoms with Crippen LogP contribution in [0.25, 0.3) is 0 Å². The van der Waals surface area contributed by atoms with E-state index in [1.54, 1.807) is 0 Å². The molecule has 2 aromatic rings. The summed E-state index contributed by atoms with van der Waals surface area (Å²) in [5, 5.41) is 5.26. The molecule has 1 fully saturated rings. The molecule has 18 heavy (non-hydrogen) atoms. The molecule has 1 heterocycles. The minimum atomic E-state index is 0.564. The second-order valence-electron chi connectivity index (χ2n) is 4.78. The van der Waals surface area contributed by atoms with Gasteiger partial charge in [-0.15, -0.1) is 0 Å². The Morgan fingerprint density at radius 3 is 2.72 bits per heavy atom. The van der Waals surface area contributed by atoms with Crippen LogP contribution < -0.4 is 5.73 Å². The number of aromatic nitrogens is 2. The molecule has 0 atom stereocenters. The smallest absolute Gasteiger partial charge is 0.0677 e. The van der Waals surface area contributed by atoms with Crippen LogP contribution in [0.15, 0.2) is 30.5 Å². The molecule has 0 radical (unpaired) electrons. The molecular weight excluding hydrogens is 246 g/mol. The van der Waals surface area contributed by atoms with E-state index >= 15 is 0 Å². The van der Waals surface area contributed by atoms with E-state index in [4.69, 9.17) is 17.3 Å². The number of hydrogen-bond acceptors (Lipinski definition) is 2. The predicted molar refractivity (Wildman–Crippen MR) is 72.6 cm³/mol. The summed E-state index contributed by atoms with van der Waals surface area (Å²) >= 11 is 6.20. The number of rotatable bonds is 4. The third-order valence-corrected chi connectivity index (χ3v) is 3.79. The van der Waals surface area contributed by atoms with Gasteiger partial charge in [-0.25, -0.2) is 0 Å². The Kier molecular flexibility index (Phi) is 3.10. The van der Waals surface area contributed by atoms with E-state index in [-0.39, 0.29) is 0 Å². The fourth-order valence-electron chi connectivity index (χ4n) is 2.33. The Balaban J connectivity index is 1.93. The van der Waals surface area contributed by atoms with Gasteiger partial charge in [0.25, 0.3) is 0 Å². The van der Waals surface area contributed by atoms with Crippen molar-refractivity contribution < 1.29 is 0 Å². The second kappa shape index (κ2) is 4.75. The zero-order chi connectivity index (χ0) is 12.5. The third-order valence-electron chi connectivity index (χ3n) is 3.42. The van der Waals surface area contributed by atoms with Crippen molar-refractivity contribution in [1.29, 1.82) is 0 Å². The predicted octanol–water partition coefficient (Wildman–Crippen LogP) is 2.92. The van der Waals surface area contributed by atoms with Crippen molar-refractivity contribution in [3.05, 3.63) is 52.3 Å². The molecule has 94 valence electrons. The molecule has 1 aromatic heterocycles. The van der Waals surface area contributed by atoms with Crippen LogP contribution in [-0.4, -0.2) is 9.78 Å². The van der Waals surface area contributed by atoms with Crippen LogP contribution in [0, 0.1) is 0 Å². The average molecular weight is 262 g/mol.